The lowest BCUT2D eigenvalue weighted by molar-refractivity contribution is 0.466. The predicted octanol–water partition coefficient (Wildman–Crippen LogP) is 16.7. The van der Waals surface area contributed by atoms with Crippen LogP contribution >= 0.6 is 0 Å². The molecule has 0 aliphatic rings. The first-order chi connectivity index (χ1) is 31.8. The van der Waals surface area contributed by atoms with Crippen molar-refractivity contribution in [3.8, 4) is 67.5 Å². The van der Waals surface area contributed by atoms with E-state index in [1.807, 2.05) is 38.2 Å². The number of phenolic OH excluding ortho intramolecular Hbond substituents is 1. The number of imidazole rings is 1. The SMILES string of the molecule is [2H]C([2H])([2H])c1ccc(-c2ccnc(-c3cc(-c4cccc5c4nc(-c4cc(C(C)C)cc(C(C)C)c4O)n5-c4ccc(-c5ccccc5C(C)(C)C)c(C([2H])(C)C)c4)cc(C(C)(C)C)c3)c2)cc1. The minimum Gasteiger partial charge on any atom is -0.507 e. The highest BCUT2D eigenvalue weighted by atomic mass is 16.3. The topological polar surface area (TPSA) is 50.9 Å². The van der Waals surface area contributed by atoms with Gasteiger partial charge in [0.1, 0.15) is 11.6 Å². The van der Waals surface area contributed by atoms with Crippen LogP contribution in [0.2, 0.25) is 0 Å². The van der Waals surface area contributed by atoms with Crippen LogP contribution in [0.15, 0.2) is 134 Å². The number of phenols is 1. The van der Waals surface area contributed by atoms with E-state index in [9.17, 15) is 6.48 Å². The van der Waals surface area contributed by atoms with Crippen LogP contribution in [0.1, 0.15) is 140 Å². The molecule has 1 N–H and O–H groups in total. The number of hydrogen-bond donors (Lipinski definition) is 1. The molecule has 4 heteroatoms. The quantitative estimate of drug-likeness (QED) is 0.157. The number of aromatic hydroxyl groups is 1. The number of pyridine rings is 1. The highest BCUT2D eigenvalue weighted by molar-refractivity contribution is 5.97. The lowest BCUT2D eigenvalue weighted by Gasteiger charge is -2.25. The second-order valence-electron chi connectivity index (χ2n) is 20.3. The average molecular weight is 848 g/mol. The summed E-state index contributed by atoms with van der Waals surface area (Å²) in [5, 5.41) is 12.3. The second-order valence-corrected chi connectivity index (χ2v) is 20.3. The number of aryl methyl sites for hydroxylation is 1. The van der Waals surface area contributed by atoms with Gasteiger partial charge in [0.05, 0.1) is 22.3 Å². The summed E-state index contributed by atoms with van der Waals surface area (Å²) in [6.07, 6.45) is 1.81. The normalized spacial score (nSPS) is 13.6. The van der Waals surface area contributed by atoms with Crippen molar-refractivity contribution in [1.82, 2.24) is 14.5 Å². The summed E-state index contributed by atoms with van der Waals surface area (Å²) in [5.74, 6) is 0.154. The van der Waals surface area contributed by atoms with E-state index in [0.29, 0.717) is 17.0 Å². The maximum absolute atomic E-state index is 12.3. The molecule has 0 saturated carbocycles. The number of hydrogen-bond acceptors (Lipinski definition) is 3. The van der Waals surface area contributed by atoms with Gasteiger partial charge in [-0.15, -0.1) is 0 Å². The molecule has 6 aromatic carbocycles. The second kappa shape index (κ2) is 17.0. The maximum Gasteiger partial charge on any atom is 0.149 e. The van der Waals surface area contributed by atoms with Crippen molar-refractivity contribution in [2.75, 3.05) is 0 Å². The standard InChI is InChI=1S/C60H65N3O/c1-36(2)42-32-51(38(5)6)57(64)52(33-42)58-62-56-47(43-29-44(31-45(30-43)59(8,9)10)54-34-41(27-28-61-54)40-23-21-39(7)22-24-40)18-16-20-55(56)63(58)46-25-26-48(50(35-46)37(3)4)49-17-14-15-19-53(49)60(11,12)13/h14-38,64H,1-13H3/i7D3,37D. The molecule has 0 unspecified atom stereocenters. The highest BCUT2D eigenvalue weighted by Crippen LogP contribution is 2.45. The molecule has 0 spiro atoms. The average Bonchev–Trinajstić information content (AvgIpc) is 3.67. The largest absolute Gasteiger partial charge is 0.507 e. The minimum atomic E-state index is -2.17. The number of benzene rings is 6. The molecule has 8 rings (SSSR count). The van der Waals surface area contributed by atoms with Crippen LogP contribution in [0.25, 0.3) is 72.7 Å². The summed E-state index contributed by atoms with van der Waals surface area (Å²) >= 11 is 0. The van der Waals surface area contributed by atoms with E-state index in [1.165, 1.54) is 5.56 Å². The lowest BCUT2D eigenvalue weighted by Crippen LogP contribution is -2.13. The summed E-state index contributed by atoms with van der Waals surface area (Å²) in [7, 11) is 0. The third kappa shape index (κ3) is 8.55. The van der Waals surface area contributed by atoms with Gasteiger partial charge in [-0.2, -0.15) is 0 Å². The zero-order valence-electron chi connectivity index (χ0n) is 43.6. The molecule has 0 radical (unpaired) electrons. The molecule has 2 heterocycles. The van der Waals surface area contributed by atoms with Gasteiger partial charge >= 0.3 is 0 Å². The number of nitrogens with zero attached hydrogens (tertiary/aromatic N) is 3. The van der Waals surface area contributed by atoms with Gasteiger partial charge in [-0.1, -0.05) is 168 Å². The van der Waals surface area contributed by atoms with Crippen LogP contribution in [0.3, 0.4) is 0 Å². The smallest absolute Gasteiger partial charge is 0.149 e. The Labute approximate surface area is 387 Å². The van der Waals surface area contributed by atoms with Crippen LogP contribution in [0.5, 0.6) is 5.75 Å². The summed E-state index contributed by atoms with van der Waals surface area (Å²) in [5.41, 5.74) is 16.0. The van der Waals surface area contributed by atoms with Crippen LogP contribution in [0, 0.1) is 6.85 Å². The van der Waals surface area contributed by atoms with Crippen molar-refractivity contribution in [2.45, 2.75) is 118 Å². The number of aromatic nitrogens is 3. The minimum absolute atomic E-state index is 0.0675. The van der Waals surface area contributed by atoms with Gasteiger partial charge in [-0.05, 0) is 140 Å². The van der Waals surface area contributed by atoms with Crippen LogP contribution < -0.4 is 0 Å². The zero-order valence-corrected chi connectivity index (χ0v) is 39.6. The first kappa shape index (κ1) is 39.3. The van der Waals surface area contributed by atoms with E-state index in [2.05, 4.69) is 171 Å². The fourth-order valence-corrected chi connectivity index (χ4v) is 8.88. The van der Waals surface area contributed by atoms with Crippen molar-refractivity contribution in [3.63, 3.8) is 0 Å². The van der Waals surface area contributed by atoms with Crippen molar-refractivity contribution >= 4 is 11.0 Å². The Morgan fingerprint density at radius 3 is 1.98 bits per heavy atom. The molecule has 8 aromatic rings. The van der Waals surface area contributed by atoms with E-state index < -0.39 is 12.7 Å². The Kier molecular flexibility index (Phi) is 10.5. The molecular weight excluding hydrogens is 779 g/mol. The Balaban J connectivity index is 1.40. The lowest BCUT2D eigenvalue weighted by atomic mass is 9.80. The van der Waals surface area contributed by atoms with Gasteiger partial charge in [0.25, 0.3) is 0 Å². The fraction of sp³-hybridized carbons (Fsp3) is 0.300. The monoisotopic (exact) mass is 848 g/mol. The molecular formula is C60H65N3O. The summed E-state index contributed by atoms with van der Waals surface area (Å²) in [6.45, 7) is 23.6. The molecule has 0 saturated heterocycles. The van der Waals surface area contributed by atoms with E-state index in [1.54, 1.807) is 12.1 Å². The van der Waals surface area contributed by atoms with Gasteiger partial charge in [0.15, 0.2) is 0 Å². The van der Waals surface area contributed by atoms with Gasteiger partial charge in [-0.25, -0.2) is 4.98 Å². The van der Waals surface area contributed by atoms with Crippen molar-refractivity contribution < 1.29 is 10.6 Å². The van der Waals surface area contributed by atoms with E-state index in [-0.39, 0.29) is 28.4 Å². The van der Waals surface area contributed by atoms with Crippen LogP contribution in [0.4, 0.5) is 0 Å². The van der Waals surface area contributed by atoms with Crippen LogP contribution in [-0.4, -0.2) is 19.6 Å². The summed E-state index contributed by atoms with van der Waals surface area (Å²) in [6, 6.07) is 43.3. The Morgan fingerprint density at radius 1 is 0.594 bits per heavy atom. The fourth-order valence-electron chi connectivity index (χ4n) is 8.88. The third-order valence-corrected chi connectivity index (χ3v) is 12.6. The highest BCUT2D eigenvalue weighted by Gasteiger charge is 2.26. The van der Waals surface area contributed by atoms with E-state index >= 15 is 0 Å². The van der Waals surface area contributed by atoms with E-state index in [4.69, 9.17) is 14.1 Å². The molecule has 2 aromatic heterocycles. The number of rotatable bonds is 9. The zero-order chi connectivity index (χ0) is 49.2. The molecule has 64 heavy (non-hydrogen) atoms. The van der Waals surface area contributed by atoms with Gasteiger partial charge < -0.3 is 5.11 Å². The van der Waals surface area contributed by atoms with Crippen LogP contribution in [-0.2, 0) is 10.8 Å². The number of para-hydroxylation sites is 1. The Hall–Kier alpha value is -6.26. The van der Waals surface area contributed by atoms with Crippen molar-refractivity contribution in [3.05, 3.63) is 167 Å². The predicted molar refractivity (Wildman–Crippen MR) is 272 cm³/mol. The van der Waals surface area contributed by atoms with Crippen molar-refractivity contribution in [1.29, 1.82) is 0 Å². The maximum atomic E-state index is 12.3. The molecule has 326 valence electrons. The van der Waals surface area contributed by atoms with Gasteiger partial charge in [-0.3, -0.25) is 9.55 Å². The molecule has 0 aliphatic carbocycles. The van der Waals surface area contributed by atoms with Gasteiger partial charge in [0, 0.05) is 28.5 Å². The molecule has 0 aliphatic heterocycles. The summed E-state index contributed by atoms with van der Waals surface area (Å²) in [4.78, 5) is 10.5. The Bertz CT molecular complexity index is 3170. The molecule has 0 bridgehead atoms. The molecule has 0 amide bonds. The van der Waals surface area contributed by atoms with Gasteiger partial charge in [0.2, 0.25) is 0 Å². The third-order valence-electron chi connectivity index (χ3n) is 12.6. The number of fused-ring (bicyclic) bond motifs is 1. The molecule has 4 nitrogen and oxygen atoms in total. The first-order valence-electron chi connectivity index (χ1n) is 24.7. The summed E-state index contributed by atoms with van der Waals surface area (Å²) < 4.78 is 35.3. The van der Waals surface area contributed by atoms with Crippen molar-refractivity contribution in [2.24, 2.45) is 0 Å². The first-order valence-corrected chi connectivity index (χ1v) is 22.7. The molecule has 0 fully saturated rings. The van der Waals surface area contributed by atoms with E-state index in [0.717, 1.165) is 83.6 Å². The molecule has 0 atom stereocenters. The Morgan fingerprint density at radius 2 is 1.31 bits per heavy atom.